The summed E-state index contributed by atoms with van der Waals surface area (Å²) >= 11 is 1.20. The van der Waals surface area contributed by atoms with Gasteiger partial charge in [0.1, 0.15) is 11.6 Å². The molecule has 8 heteroatoms. The number of rotatable bonds is 5. The van der Waals surface area contributed by atoms with Crippen LogP contribution in [0.25, 0.3) is 11.4 Å². The second kappa shape index (κ2) is 7.65. The minimum Gasteiger partial charge on any atom is -0.323 e. The van der Waals surface area contributed by atoms with Crippen molar-refractivity contribution in [1.29, 1.82) is 0 Å². The van der Waals surface area contributed by atoms with Crippen molar-refractivity contribution in [1.82, 2.24) is 14.8 Å². The Labute approximate surface area is 153 Å². The van der Waals surface area contributed by atoms with E-state index in [9.17, 15) is 13.6 Å². The molecule has 0 spiro atoms. The van der Waals surface area contributed by atoms with E-state index in [2.05, 4.69) is 15.5 Å². The molecular weight excluding hydrogens is 358 g/mol. The van der Waals surface area contributed by atoms with Crippen LogP contribution in [0, 0.1) is 11.6 Å². The van der Waals surface area contributed by atoms with Crippen LogP contribution in [0.1, 0.15) is 6.92 Å². The van der Waals surface area contributed by atoms with Gasteiger partial charge >= 0.3 is 0 Å². The van der Waals surface area contributed by atoms with Crippen LogP contribution in [0.15, 0.2) is 53.7 Å². The molecule has 0 saturated carbocycles. The lowest BCUT2D eigenvalue weighted by atomic mass is 10.2. The molecule has 2 aromatic carbocycles. The Morgan fingerprint density at radius 2 is 1.88 bits per heavy atom. The number of nitrogens with one attached hydrogen (secondary N) is 1. The van der Waals surface area contributed by atoms with Crippen LogP contribution < -0.4 is 5.32 Å². The zero-order valence-corrected chi connectivity index (χ0v) is 14.9. The largest absolute Gasteiger partial charge is 0.323 e. The predicted octanol–water partition coefficient (Wildman–Crippen LogP) is 3.88. The molecule has 134 valence electrons. The summed E-state index contributed by atoms with van der Waals surface area (Å²) in [5.74, 6) is -1.24. The topological polar surface area (TPSA) is 59.8 Å². The van der Waals surface area contributed by atoms with E-state index in [4.69, 9.17) is 0 Å². The number of thioether (sulfide) groups is 1. The molecule has 0 unspecified atom stereocenters. The molecule has 1 aromatic heterocycles. The lowest BCUT2D eigenvalue weighted by Gasteiger charge is -2.12. The van der Waals surface area contributed by atoms with Crippen LogP contribution in [-0.4, -0.2) is 25.9 Å². The first-order chi connectivity index (χ1) is 12.5. The standard InChI is InChI=1S/C18H16F2N4OS/c1-11(17(25)21-15-9-8-13(19)10-14(15)20)26-18-23-22-16(24(18)2)12-6-4-3-5-7-12/h3-11H,1-2H3,(H,21,25)/t11-/m1/s1. The summed E-state index contributed by atoms with van der Waals surface area (Å²) in [6.07, 6.45) is 0. The Balaban J connectivity index is 1.71. The molecule has 0 saturated heterocycles. The van der Waals surface area contributed by atoms with Gasteiger partial charge in [-0.3, -0.25) is 4.79 Å². The van der Waals surface area contributed by atoms with Gasteiger partial charge in [-0.05, 0) is 19.1 Å². The number of carbonyl (C=O) groups is 1. The van der Waals surface area contributed by atoms with E-state index in [1.165, 1.54) is 17.8 Å². The van der Waals surface area contributed by atoms with Crippen molar-refractivity contribution in [2.45, 2.75) is 17.3 Å². The van der Waals surface area contributed by atoms with Crippen molar-refractivity contribution >= 4 is 23.4 Å². The average molecular weight is 374 g/mol. The van der Waals surface area contributed by atoms with E-state index < -0.39 is 22.8 Å². The molecule has 26 heavy (non-hydrogen) atoms. The normalized spacial score (nSPS) is 12.0. The average Bonchev–Trinajstić information content (AvgIpc) is 2.98. The number of aromatic nitrogens is 3. The lowest BCUT2D eigenvalue weighted by molar-refractivity contribution is -0.115. The number of hydrogen-bond acceptors (Lipinski definition) is 4. The quantitative estimate of drug-likeness (QED) is 0.689. The van der Waals surface area contributed by atoms with Gasteiger partial charge in [0.2, 0.25) is 5.91 Å². The van der Waals surface area contributed by atoms with Gasteiger partial charge in [-0.25, -0.2) is 8.78 Å². The van der Waals surface area contributed by atoms with Crippen molar-refractivity contribution in [2.24, 2.45) is 7.05 Å². The first-order valence-corrected chi connectivity index (χ1v) is 8.71. The Morgan fingerprint density at radius 1 is 1.15 bits per heavy atom. The van der Waals surface area contributed by atoms with E-state index in [0.29, 0.717) is 11.0 Å². The van der Waals surface area contributed by atoms with Crippen molar-refractivity contribution in [3.8, 4) is 11.4 Å². The third kappa shape index (κ3) is 3.91. The highest BCUT2D eigenvalue weighted by Crippen LogP contribution is 2.26. The maximum atomic E-state index is 13.7. The van der Waals surface area contributed by atoms with Gasteiger partial charge in [0.15, 0.2) is 11.0 Å². The van der Waals surface area contributed by atoms with E-state index >= 15 is 0 Å². The Morgan fingerprint density at radius 3 is 2.58 bits per heavy atom. The molecule has 3 rings (SSSR count). The predicted molar refractivity (Wildman–Crippen MR) is 96.7 cm³/mol. The number of amides is 1. The van der Waals surface area contributed by atoms with Gasteiger partial charge < -0.3 is 9.88 Å². The molecule has 1 N–H and O–H groups in total. The monoisotopic (exact) mass is 374 g/mol. The fourth-order valence-corrected chi connectivity index (χ4v) is 3.11. The first kappa shape index (κ1) is 18.1. The van der Waals surface area contributed by atoms with Crippen molar-refractivity contribution < 1.29 is 13.6 Å². The van der Waals surface area contributed by atoms with Crippen LogP contribution in [0.3, 0.4) is 0 Å². The summed E-state index contributed by atoms with van der Waals surface area (Å²) in [4.78, 5) is 12.3. The molecule has 0 fully saturated rings. The second-order valence-electron chi connectivity index (χ2n) is 5.60. The SMILES string of the molecule is C[C@@H](Sc1nnc(-c2ccccc2)n1C)C(=O)Nc1ccc(F)cc1F. The van der Waals surface area contributed by atoms with Crippen LogP contribution in [-0.2, 0) is 11.8 Å². The highest BCUT2D eigenvalue weighted by molar-refractivity contribution is 8.00. The summed E-state index contributed by atoms with van der Waals surface area (Å²) in [7, 11) is 1.81. The number of hydrogen-bond donors (Lipinski definition) is 1. The Kier molecular flexibility index (Phi) is 5.32. The summed E-state index contributed by atoms with van der Waals surface area (Å²) in [6, 6.07) is 12.6. The fraction of sp³-hybridized carbons (Fsp3) is 0.167. The van der Waals surface area contributed by atoms with Gasteiger partial charge in [-0.2, -0.15) is 0 Å². The lowest BCUT2D eigenvalue weighted by Crippen LogP contribution is -2.23. The highest BCUT2D eigenvalue weighted by Gasteiger charge is 2.20. The van der Waals surface area contributed by atoms with Crippen LogP contribution >= 0.6 is 11.8 Å². The summed E-state index contributed by atoms with van der Waals surface area (Å²) < 4.78 is 28.4. The van der Waals surface area contributed by atoms with Crippen molar-refractivity contribution in [3.63, 3.8) is 0 Å². The zero-order valence-electron chi connectivity index (χ0n) is 14.1. The smallest absolute Gasteiger partial charge is 0.237 e. The molecule has 0 aliphatic rings. The van der Waals surface area contributed by atoms with Gasteiger partial charge in [-0.15, -0.1) is 10.2 Å². The molecule has 0 bridgehead atoms. The minimum absolute atomic E-state index is 0.0632. The summed E-state index contributed by atoms with van der Waals surface area (Å²) in [5, 5.41) is 10.8. The third-order valence-corrected chi connectivity index (χ3v) is 4.84. The Bertz CT molecular complexity index is 930. The molecule has 0 radical (unpaired) electrons. The minimum atomic E-state index is -0.819. The van der Waals surface area contributed by atoms with E-state index in [1.807, 2.05) is 37.4 Å². The molecule has 3 aromatic rings. The van der Waals surface area contributed by atoms with Gasteiger partial charge in [0.05, 0.1) is 10.9 Å². The molecule has 0 aliphatic heterocycles. The summed E-state index contributed by atoms with van der Waals surface area (Å²) in [5.41, 5.74) is 0.853. The number of benzene rings is 2. The van der Waals surface area contributed by atoms with Crippen molar-refractivity contribution in [2.75, 3.05) is 5.32 Å². The highest BCUT2D eigenvalue weighted by atomic mass is 32.2. The van der Waals surface area contributed by atoms with E-state index in [-0.39, 0.29) is 5.69 Å². The van der Waals surface area contributed by atoms with E-state index in [0.717, 1.165) is 17.7 Å². The molecule has 1 atom stereocenters. The van der Waals surface area contributed by atoms with Gasteiger partial charge in [0.25, 0.3) is 0 Å². The van der Waals surface area contributed by atoms with Gasteiger partial charge in [-0.1, -0.05) is 42.1 Å². The second-order valence-corrected chi connectivity index (χ2v) is 6.91. The van der Waals surface area contributed by atoms with E-state index in [1.54, 1.807) is 11.5 Å². The first-order valence-electron chi connectivity index (χ1n) is 7.83. The third-order valence-electron chi connectivity index (χ3n) is 3.71. The molecule has 5 nitrogen and oxygen atoms in total. The summed E-state index contributed by atoms with van der Waals surface area (Å²) in [6.45, 7) is 1.68. The molecular formula is C18H16F2N4OS. The zero-order chi connectivity index (χ0) is 18.7. The fourth-order valence-electron chi connectivity index (χ4n) is 2.29. The van der Waals surface area contributed by atoms with Crippen LogP contribution in [0.5, 0.6) is 0 Å². The van der Waals surface area contributed by atoms with Crippen molar-refractivity contribution in [3.05, 3.63) is 60.2 Å². The van der Waals surface area contributed by atoms with Crippen LogP contribution in [0.2, 0.25) is 0 Å². The van der Waals surface area contributed by atoms with Crippen LogP contribution in [0.4, 0.5) is 14.5 Å². The number of nitrogens with zero attached hydrogens (tertiary/aromatic N) is 3. The number of carbonyl (C=O) groups excluding carboxylic acids is 1. The number of anilines is 1. The molecule has 1 heterocycles. The maximum absolute atomic E-state index is 13.7. The molecule has 1 amide bonds. The Hall–Kier alpha value is -2.74. The van der Waals surface area contributed by atoms with Gasteiger partial charge in [0, 0.05) is 18.7 Å². The molecule has 0 aliphatic carbocycles. The number of halogens is 2. The maximum Gasteiger partial charge on any atom is 0.237 e.